The first-order valence-corrected chi connectivity index (χ1v) is 14.0. The van der Waals surface area contributed by atoms with E-state index in [0.717, 1.165) is 44.0 Å². The Labute approximate surface area is 234 Å². The molecule has 2 unspecified atom stereocenters. The molecule has 0 saturated carbocycles. The number of phenols is 1. The van der Waals surface area contributed by atoms with Crippen LogP contribution in [0.1, 0.15) is 59.6 Å². The molecule has 2 fully saturated rings. The summed E-state index contributed by atoms with van der Waals surface area (Å²) in [5, 5.41) is 15.4. The molecular formula is C34H36O6. The molecule has 2 saturated heterocycles. The maximum atomic E-state index is 11.5. The van der Waals surface area contributed by atoms with Gasteiger partial charge in [-0.2, -0.15) is 4.89 Å². The highest BCUT2D eigenvalue weighted by Crippen LogP contribution is 2.69. The summed E-state index contributed by atoms with van der Waals surface area (Å²) < 4.78 is 19.1. The zero-order valence-corrected chi connectivity index (χ0v) is 24.2. The van der Waals surface area contributed by atoms with Crippen molar-refractivity contribution < 1.29 is 29.1 Å². The minimum absolute atomic E-state index is 0.175. The van der Waals surface area contributed by atoms with E-state index in [2.05, 4.69) is 58.9 Å². The van der Waals surface area contributed by atoms with Gasteiger partial charge in [-0.1, -0.05) is 83.1 Å². The summed E-state index contributed by atoms with van der Waals surface area (Å²) in [7, 11) is 0. The molecule has 0 aromatic heterocycles. The summed E-state index contributed by atoms with van der Waals surface area (Å²) in [4.78, 5) is 12.2. The maximum Gasteiger partial charge on any atom is 0.262 e. The molecule has 3 aliphatic rings. The van der Waals surface area contributed by atoms with E-state index in [-0.39, 0.29) is 16.6 Å². The quantitative estimate of drug-likeness (QED) is 0.260. The molecule has 4 aromatic carbocycles. The predicted octanol–water partition coefficient (Wildman–Crippen LogP) is 7.97. The Morgan fingerprint density at radius 1 is 0.775 bits per heavy atom. The molecule has 1 N–H and O–H groups in total. The molecule has 7 rings (SSSR count). The fourth-order valence-corrected chi connectivity index (χ4v) is 7.50. The predicted molar refractivity (Wildman–Crippen MR) is 154 cm³/mol. The van der Waals surface area contributed by atoms with Crippen LogP contribution in [-0.4, -0.2) is 23.1 Å². The Morgan fingerprint density at radius 3 is 2.25 bits per heavy atom. The van der Waals surface area contributed by atoms with Crippen molar-refractivity contribution in [2.45, 2.75) is 72.2 Å². The Kier molecular flexibility index (Phi) is 5.14. The third-order valence-corrected chi connectivity index (χ3v) is 9.04. The highest BCUT2D eigenvalue weighted by molar-refractivity contribution is 6.11. The van der Waals surface area contributed by atoms with Crippen molar-refractivity contribution in [2.24, 2.45) is 10.8 Å². The lowest BCUT2D eigenvalue weighted by Crippen LogP contribution is -2.73. The molecule has 6 heteroatoms. The Hall–Kier alpha value is -3.16. The van der Waals surface area contributed by atoms with Crippen LogP contribution >= 0.6 is 0 Å². The molecule has 0 spiro atoms. The average Bonchev–Trinajstić information content (AvgIpc) is 3.03. The molecule has 0 bridgehead atoms. The zero-order chi connectivity index (χ0) is 28.3. The van der Waals surface area contributed by atoms with Crippen molar-refractivity contribution in [3.05, 3.63) is 71.8 Å². The summed E-state index contributed by atoms with van der Waals surface area (Å²) in [6.45, 7) is 15.6. The van der Waals surface area contributed by atoms with Gasteiger partial charge < -0.3 is 19.3 Å². The van der Waals surface area contributed by atoms with Gasteiger partial charge in [-0.25, -0.2) is 4.89 Å². The van der Waals surface area contributed by atoms with Crippen LogP contribution in [0.2, 0.25) is 0 Å². The van der Waals surface area contributed by atoms with Crippen LogP contribution in [0.5, 0.6) is 11.5 Å². The van der Waals surface area contributed by atoms with Crippen molar-refractivity contribution in [1.29, 1.82) is 0 Å². The van der Waals surface area contributed by atoms with Crippen LogP contribution in [0.4, 0.5) is 0 Å². The van der Waals surface area contributed by atoms with Gasteiger partial charge in [0.15, 0.2) is 5.60 Å². The van der Waals surface area contributed by atoms with Crippen LogP contribution in [0.3, 0.4) is 0 Å². The lowest BCUT2D eigenvalue weighted by atomic mass is 9.57. The van der Waals surface area contributed by atoms with Gasteiger partial charge in [0, 0.05) is 46.9 Å². The molecule has 4 aromatic rings. The highest BCUT2D eigenvalue weighted by atomic mass is 17.3. The van der Waals surface area contributed by atoms with Gasteiger partial charge in [0.2, 0.25) is 5.79 Å². The van der Waals surface area contributed by atoms with Gasteiger partial charge in [0.1, 0.15) is 11.5 Å². The van der Waals surface area contributed by atoms with Gasteiger partial charge in [0.25, 0.3) is 5.79 Å². The van der Waals surface area contributed by atoms with Crippen molar-refractivity contribution in [2.75, 3.05) is 6.61 Å². The molecule has 2 atom stereocenters. The first-order chi connectivity index (χ1) is 18.8. The maximum absolute atomic E-state index is 11.5. The number of aromatic hydroxyl groups is 1. The summed E-state index contributed by atoms with van der Waals surface area (Å²) >= 11 is 0. The van der Waals surface area contributed by atoms with E-state index < -0.39 is 17.2 Å². The minimum Gasteiger partial charge on any atom is -0.507 e. The number of rotatable bonds is 2. The number of hydrogen-bond acceptors (Lipinski definition) is 6. The topological polar surface area (TPSA) is 66.4 Å². The first kappa shape index (κ1) is 25.8. The SMILES string of the molecule is CC1(C)OCc2cc3ccccc3c(-c3c(O)ccc4c(C56OCC(C)(C)C5(C(C)(C)C)OO6)cccc34)c2O1. The van der Waals surface area contributed by atoms with Gasteiger partial charge in [0.05, 0.1) is 13.2 Å². The number of phenolic OH excluding ortho intramolecular Hbond substituents is 1. The minimum atomic E-state index is -1.09. The molecule has 0 aliphatic carbocycles. The number of ether oxygens (including phenoxy) is 3. The van der Waals surface area contributed by atoms with Crippen LogP contribution in [0, 0.1) is 10.8 Å². The van der Waals surface area contributed by atoms with Crippen molar-refractivity contribution >= 4 is 21.5 Å². The fourth-order valence-electron chi connectivity index (χ4n) is 7.50. The summed E-state index contributed by atoms with van der Waals surface area (Å²) in [6.07, 6.45) is 0. The number of fused-ring (bicyclic) bond motifs is 4. The standard InChI is InChI=1S/C34H36O6/c1-30(2,3)34-31(4,5)19-37-33(34,39-40-34)25-14-10-13-24-23(25)15-16-26(35)27(24)28-22-12-9-8-11-20(22)17-21-18-36-32(6,7)38-29(21)28/h8-17,35H,18-19H2,1-7H3. The normalized spacial score (nSPS) is 26.7. The summed E-state index contributed by atoms with van der Waals surface area (Å²) in [6, 6.07) is 20.1. The largest absolute Gasteiger partial charge is 0.507 e. The lowest BCUT2D eigenvalue weighted by molar-refractivity contribution is -0.626. The van der Waals surface area contributed by atoms with Crippen LogP contribution in [0.25, 0.3) is 32.7 Å². The number of hydrogen-bond donors (Lipinski definition) is 1. The molecule has 3 heterocycles. The highest BCUT2D eigenvalue weighted by Gasteiger charge is 2.81. The monoisotopic (exact) mass is 540 g/mol. The van der Waals surface area contributed by atoms with Crippen molar-refractivity contribution in [3.8, 4) is 22.6 Å². The van der Waals surface area contributed by atoms with Crippen LogP contribution in [0.15, 0.2) is 60.7 Å². The van der Waals surface area contributed by atoms with Gasteiger partial charge >= 0.3 is 0 Å². The molecular weight excluding hydrogens is 504 g/mol. The van der Waals surface area contributed by atoms with Gasteiger partial charge in [-0.3, -0.25) is 0 Å². The Morgan fingerprint density at radius 2 is 1.52 bits per heavy atom. The third-order valence-electron chi connectivity index (χ3n) is 9.04. The van der Waals surface area contributed by atoms with E-state index in [4.69, 9.17) is 24.0 Å². The fraction of sp³-hybridized carbons (Fsp3) is 0.412. The summed E-state index contributed by atoms with van der Waals surface area (Å²) in [5.41, 5.74) is 2.07. The molecule has 0 amide bonds. The molecule has 40 heavy (non-hydrogen) atoms. The summed E-state index contributed by atoms with van der Waals surface area (Å²) in [5.74, 6) is -0.991. The van der Waals surface area contributed by atoms with Crippen LogP contribution in [-0.2, 0) is 31.6 Å². The van der Waals surface area contributed by atoms with E-state index in [1.807, 2.05) is 44.2 Å². The first-order valence-electron chi connectivity index (χ1n) is 14.0. The molecule has 3 aliphatic heterocycles. The number of benzene rings is 4. The van der Waals surface area contributed by atoms with E-state index >= 15 is 0 Å². The van der Waals surface area contributed by atoms with Gasteiger partial charge in [-0.05, 0) is 33.7 Å². The molecule has 6 nitrogen and oxygen atoms in total. The average molecular weight is 541 g/mol. The third kappa shape index (κ3) is 3.13. The molecule has 208 valence electrons. The van der Waals surface area contributed by atoms with E-state index in [1.165, 1.54) is 0 Å². The van der Waals surface area contributed by atoms with Gasteiger partial charge in [-0.15, -0.1) is 0 Å². The zero-order valence-electron chi connectivity index (χ0n) is 24.2. The van der Waals surface area contributed by atoms with E-state index in [0.29, 0.717) is 18.8 Å². The van der Waals surface area contributed by atoms with E-state index in [1.54, 1.807) is 6.07 Å². The smallest absolute Gasteiger partial charge is 0.262 e. The van der Waals surface area contributed by atoms with Crippen molar-refractivity contribution in [3.63, 3.8) is 0 Å². The van der Waals surface area contributed by atoms with E-state index in [9.17, 15) is 5.11 Å². The Balaban J connectivity index is 1.55. The Bertz CT molecular complexity index is 1700. The lowest BCUT2D eigenvalue weighted by Gasteiger charge is -2.61. The second-order valence-electron chi connectivity index (χ2n) is 13.5. The second-order valence-corrected chi connectivity index (χ2v) is 13.5. The van der Waals surface area contributed by atoms with Crippen LogP contribution < -0.4 is 4.74 Å². The molecule has 0 radical (unpaired) electrons. The van der Waals surface area contributed by atoms with Crippen molar-refractivity contribution in [1.82, 2.24) is 0 Å². The second kappa shape index (κ2) is 7.98.